The maximum Gasteiger partial charge on any atom is 0.253 e. The first-order valence-corrected chi connectivity index (χ1v) is 9.01. The van der Waals surface area contributed by atoms with Crippen LogP contribution in [0.15, 0.2) is 47.1 Å². The number of likely N-dealkylation sites (tertiary alicyclic amines) is 1. The first kappa shape index (κ1) is 17.3. The van der Waals surface area contributed by atoms with Crippen molar-refractivity contribution in [2.24, 2.45) is 5.92 Å². The van der Waals surface area contributed by atoms with Crippen LogP contribution in [0.5, 0.6) is 11.5 Å². The molecule has 1 fully saturated rings. The Hall–Kier alpha value is -3.09. The molecule has 140 valence electrons. The molecule has 2 heterocycles. The number of benzene rings is 2. The zero-order valence-electron chi connectivity index (χ0n) is 15.1. The number of rotatable bonds is 5. The van der Waals surface area contributed by atoms with Crippen LogP contribution in [0.25, 0.3) is 11.0 Å². The Morgan fingerprint density at radius 2 is 2.04 bits per heavy atom. The van der Waals surface area contributed by atoms with Gasteiger partial charge in [0.05, 0.1) is 13.7 Å². The minimum Gasteiger partial charge on any atom is -0.497 e. The van der Waals surface area contributed by atoms with Crippen molar-refractivity contribution in [1.82, 2.24) is 15.2 Å². The first-order chi connectivity index (χ1) is 13.2. The van der Waals surface area contributed by atoms with Crippen molar-refractivity contribution < 1.29 is 18.9 Å². The number of carbonyl (C=O) groups is 1. The first-order valence-electron chi connectivity index (χ1n) is 9.01. The number of nitrogens with zero attached hydrogens (tertiary/aromatic N) is 3. The van der Waals surface area contributed by atoms with Crippen LogP contribution in [0.3, 0.4) is 0 Å². The highest BCUT2D eigenvalue weighted by Gasteiger charge is 2.25. The Kier molecular flexibility index (Phi) is 4.91. The molecule has 0 N–H and O–H groups in total. The molecular weight excluding hydrogens is 346 g/mol. The van der Waals surface area contributed by atoms with E-state index in [4.69, 9.17) is 14.1 Å². The number of fused-ring (bicyclic) bond motifs is 1. The molecule has 1 aromatic heterocycles. The lowest BCUT2D eigenvalue weighted by Gasteiger charge is -2.32. The molecule has 7 heteroatoms. The van der Waals surface area contributed by atoms with Gasteiger partial charge in [-0.05, 0) is 53.5 Å². The molecule has 1 amide bonds. The van der Waals surface area contributed by atoms with E-state index in [0.29, 0.717) is 35.7 Å². The molecule has 0 bridgehead atoms. The molecule has 1 saturated heterocycles. The molecule has 3 aromatic rings. The Morgan fingerprint density at radius 3 is 2.93 bits per heavy atom. The topological polar surface area (TPSA) is 77.7 Å². The quantitative estimate of drug-likeness (QED) is 0.689. The molecule has 4 rings (SSSR count). The maximum absolute atomic E-state index is 12.9. The van der Waals surface area contributed by atoms with Crippen LogP contribution in [0.4, 0.5) is 0 Å². The number of piperidine rings is 1. The SMILES string of the molecule is COc1cccc(OC[C@@H]2CCCN(C(=O)c3ccc4nonc4c3)C2)c1. The van der Waals surface area contributed by atoms with E-state index in [0.717, 1.165) is 30.9 Å². The number of carbonyl (C=O) groups excluding carboxylic acids is 1. The van der Waals surface area contributed by atoms with Gasteiger partial charge in [0.25, 0.3) is 5.91 Å². The van der Waals surface area contributed by atoms with E-state index in [-0.39, 0.29) is 5.91 Å². The zero-order valence-corrected chi connectivity index (χ0v) is 15.1. The summed E-state index contributed by atoms with van der Waals surface area (Å²) in [6.45, 7) is 2.00. The van der Waals surface area contributed by atoms with Gasteiger partial charge in [-0.2, -0.15) is 0 Å². The van der Waals surface area contributed by atoms with Gasteiger partial charge in [0.2, 0.25) is 0 Å². The van der Waals surface area contributed by atoms with Crippen LogP contribution in [0, 0.1) is 5.92 Å². The van der Waals surface area contributed by atoms with Crippen molar-refractivity contribution in [2.45, 2.75) is 12.8 Å². The van der Waals surface area contributed by atoms with Crippen molar-refractivity contribution in [1.29, 1.82) is 0 Å². The van der Waals surface area contributed by atoms with Crippen LogP contribution in [0.2, 0.25) is 0 Å². The Balaban J connectivity index is 1.39. The normalized spacial score (nSPS) is 17.1. The van der Waals surface area contributed by atoms with Gasteiger partial charge in [-0.15, -0.1) is 0 Å². The molecule has 2 aromatic carbocycles. The van der Waals surface area contributed by atoms with Crippen molar-refractivity contribution >= 4 is 16.9 Å². The Morgan fingerprint density at radius 1 is 1.19 bits per heavy atom. The molecular formula is C20H21N3O4. The van der Waals surface area contributed by atoms with Crippen molar-refractivity contribution in [3.8, 4) is 11.5 Å². The maximum atomic E-state index is 12.9. The highest BCUT2D eigenvalue weighted by molar-refractivity contribution is 5.97. The van der Waals surface area contributed by atoms with E-state index in [9.17, 15) is 4.79 Å². The molecule has 0 spiro atoms. The molecule has 1 aliphatic heterocycles. The van der Waals surface area contributed by atoms with Gasteiger partial charge in [0, 0.05) is 30.6 Å². The van der Waals surface area contributed by atoms with E-state index < -0.39 is 0 Å². The number of amides is 1. The van der Waals surface area contributed by atoms with Crippen molar-refractivity contribution in [3.05, 3.63) is 48.0 Å². The lowest BCUT2D eigenvalue weighted by atomic mass is 9.98. The third kappa shape index (κ3) is 3.86. The number of hydrogen-bond acceptors (Lipinski definition) is 6. The van der Waals surface area contributed by atoms with Crippen LogP contribution in [0.1, 0.15) is 23.2 Å². The van der Waals surface area contributed by atoms with E-state index in [1.165, 1.54) is 0 Å². The smallest absolute Gasteiger partial charge is 0.253 e. The average molecular weight is 367 g/mol. The standard InChI is InChI=1S/C20H21N3O4/c1-25-16-5-2-6-17(11-16)26-13-14-4-3-9-23(12-14)20(24)15-7-8-18-19(10-15)22-27-21-18/h2,5-8,10-11,14H,3-4,9,12-13H2,1H3/t14-/m1/s1. The lowest BCUT2D eigenvalue weighted by Crippen LogP contribution is -2.41. The number of ether oxygens (including phenoxy) is 2. The monoisotopic (exact) mass is 367 g/mol. The second kappa shape index (κ2) is 7.65. The van der Waals surface area contributed by atoms with Gasteiger partial charge in [0.15, 0.2) is 0 Å². The average Bonchev–Trinajstić information content (AvgIpc) is 3.20. The number of hydrogen-bond donors (Lipinski definition) is 0. The zero-order chi connectivity index (χ0) is 18.6. The van der Waals surface area contributed by atoms with Gasteiger partial charge in [-0.3, -0.25) is 4.79 Å². The summed E-state index contributed by atoms with van der Waals surface area (Å²) < 4.78 is 15.8. The minimum absolute atomic E-state index is 0.00554. The molecule has 27 heavy (non-hydrogen) atoms. The third-order valence-electron chi connectivity index (χ3n) is 4.83. The molecule has 0 saturated carbocycles. The molecule has 0 aliphatic carbocycles. The van der Waals surface area contributed by atoms with E-state index in [1.54, 1.807) is 25.3 Å². The van der Waals surface area contributed by atoms with Crippen LogP contribution >= 0.6 is 0 Å². The van der Waals surface area contributed by atoms with E-state index in [1.807, 2.05) is 29.2 Å². The minimum atomic E-state index is 0.00554. The number of aromatic nitrogens is 2. The van der Waals surface area contributed by atoms with Gasteiger partial charge < -0.3 is 14.4 Å². The molecule has 7 nitrogen and oxygen atoms in total. The summed E-state index contributed by atoms with van der Waals surface area (Å²) >= 11 is 0. The Bertz CT molecular complexity index is 940. The summed E-state index contributed by atoms with van der Waals surface area (Å²) in [5, 5.41) is 7.58. The Labute approximate surface area is 156 Å². The molecule has 0 unspecified atom stereocenters. The molecule has 0 radical (unpaired) electrons. The summed E-state index contributed by atoms with van der Waals surface area (Å²) in [6, 6.07) is 12.8. The van der Waals surface area contributed by atoms with Crippen LogP contribution in [-0.2, 0) is 0 Å². The molecule has 1 aliphatic rings. The summed E-state index contributed by atoms with van der Waals surface area (Å²) in [4.78, 5) is 14.7. The highest BCUT2D eigenvalue weighted by Crippen LogP contribution is 2.23. The fourth-order valence-electron chi connectivity index (χ4n) is 3.39. The van der Waals surface area contributed by atoms with E-state index in [2.05, 4.69) is 10.3 Å². The fourth-order valence-corrected chi connectivity index (χ4v) is 3.39. The summed E-state index contributed by atoms with van der Waals surface area (Å²) in [5.41, 5.74) is 1.85. The lowest BCUT2D eigenvalue weighted by molar-refractivity contribution is 0.0633. The van der Waals surface area contributed by atoms with Gasteiger partial charge in [-0.25, -0.2) is 4.63 Å². The molecule has 1 atom stereocenters. The summed E-state index contributed by atoms with van der Waals surface area (Å²) in [5.74, 6) is 1.85. The second-order valence-corrected chi connectivity index (χ2v) is 6.72. The highest BCUT2D eigenvalue weighted by atomic mass is 16.6. The number of methoxy groups -OCH3 is 1. The fraction of sp³-hybridized carbons (Fsp3) is 0.350. The predicted octanol–water partition coefficient (Wildman–Crippen LogP) is 3.16. The largest absolute Gasteiger partial charge is 0.497 e. The third-order valence-corrected chi connectivity index (χ3v) is 4.83. The summed E-state index contributed by atoms with van der Waals surface area (Å²) in [6.07, 6.45) is 2.01. The van der Waals surface area contributed by atoms with Crippen LogP contribution < -0.4 is 9.47 Å². The summed E-state index contributed by atoms with van der Waals surface area (Å²) in [7, 11) is 1.64. The van der Waals surface area contributed by atoms with Crippen molar-refractivity contribution in [2.75, 3.05) is 26.8 Å². The van der Waals surface area contributed by atoms with Gasteiger partial charge in [0.1, 0.15) is 22.5 Å². The van der Waals surface area contributed by atoms with Gasteiger partial charge in [-0.1, -0.05) is 6.07 Å². The second-order valence-electron chi connectivity index (χ2n) is 6.72. The van der Waals surface area contributed by atoms with Crippen molar-refractivity contribution in [3.63, 3.8) is 0 Å². The van der Waals surface area contributed by atoms with E-state index >= 15 is 0 Å². The predicted molar refractivity (Wildman–Crippen MR) is 98.9 cm³/mol. The van der Waals surface area contributed by atoms with Crippen LogP contribution in [-0.4, -0.2) is 47.9 Å². The van der Waals surface area contributed by atoms with Gasteiger partial charge >= 0.3 is 0 Å².